The van der Waals surface area contributed by atoms with Gasteiger partial charge in [-0.05, 0) is 0 Å². The van der Waals surface area contributed by atoms with Gasteiger partial charge in [0, 0.05) is 0 Å². The second-order valence-electron chi connectivity index (χ2n) is 5.76. The van der Waals surface area contributed by atoms with Gasteiger partial charge in [-0.15, -0.1) is 0 Å². The van der Waals surface area contributed by atoms with Crippen molar-refractivity contribution in [1.82, 2.24) is 0 Å². The zero-order valence-electron chi connectivity index (χ0n) is 13.6. The minimum atomic E-state index is -2.39. The van der Waals surface area contributed by atoms with Crippen LogP contribution in [0.3, 0.4) is 0 Å². The van der Waals surface area contributed by atoms with E-state index in [2.05, 4.69) is 26.8 Å². The van der Waals surface area contributed by atoms with Crippen LogP contribution < -0.4 is 0 Å². The van der Waals surface area contributed by atoms with Crippen molar-refractivity contribution in [2.24, 2.45) is 0 Å². The molecular weight excluding hydrogens is 374 g/mol. The fourth-order valence-corrected chi connectivity index (χ4v) is 19.0. The molecule has 0 atom stereocenters. The second-order valence-corrected chi connectivity index (χ2v) is 19.4. The molecule has 0 radical (unpaired) electrons. The van der Waals surface area contributed by atoms with E-state index in [0.29, 0.717) is 0 Å². The van der Waals surface area contributed by atoms with Crippen molar-refractivity contribution in [2.75, 3.05) is 6.61 Å². The molecule has 0 aliphatic carbocycles. The first-order valence-corrected chi connectivity index (χ1v) is 16.2. The normalized spacial score (nSPS) is 13.3. The van der Waals surface area contributed by atoms with Crippen LogP contribution in [0.4, 0.5) is 0 Å². The van der Waals surface area contributed by atoms with Crippen LogP contribution in [0.5, 0.6) is 0 Å². The third-order valence-corrected chi connectivity index (χ3v) is 20.4. The van der Waals surface area contributed by atoms with Gasteiger partial charge in [-0.3, -0.25) is 0 Å². The van der Waals surface area contributed by atoms with Crippen LogP contribution in [0.2, 0.25) is 13.3 Å². The van der Waals surface area contributed by atoms with Gasteiger partial charge < -0.3 is 0 Å². The second kappa shape index (κ2) is 13.2. The van der Waals surface area contributed by atoms with Crippen LogP contribution in [-0.2, 0) is 0 Å². The molecule has 0 aromatic rings. The molecule has 0 amide bonds. The summed E-state index contributed by atoms with van der Waals surface area (Å²) < 4.78 is 5.57. The Hall–Kier alpha value is 0.529. The van der Waals surface area contributed by atoms with E-state index < -0.39 is 18.4 Å². The van der Waals surface area contributed by atoms with Crippen LogP contribution in [0, 0.1) is 0 Å². The number of aliphatic hydroxyl groups is 1. The average Bonchev–Trinajstić information content (AvgIpc) is 2.48. The number of allylic oxidation sites excluding steroid dienone is 2. The zero-order valence-corrected chi connectivity index (χ0v) is 17.2. The van der Waals surface area contributed by atoms with Crippen molar-refractivity contribution < 1.29 is 5.11 Å². The van der Waals surface area contributed by atoms with Crippen molar-refractivity contribution in [2.45, 2.75) is 72.6 Å². The van der Waals surface area contributed by atoms with Gasteiger partial charge in [0.25, 0.3) is 0 Å². The molecule has 0 aliphatic heterocycles. The van der Waals surface area contributed by atoms with Crippen molar-refractivity contribution >= 4 is 30.0 Å². The topological polar surface area (TPSA) is 20.2 Å². The van der Waals surface area contributed by atoms with Crippen LogP contribution in [0.15, 0.2) is 21.3 Å². The fraction of sp³-hybridized carbons (Fsp3) is 0.765. The zero-order chi connectivity index (χ0) is 15.3. The van der Waals surface area contributed by atoms with Crippen molar-refractivity contribution in [3.63, 3.8) is 0 Å². The van der Waals surface area contributed by atoms with E-state index in [4.69, 9.17) is 11.6 Å². The maximum atomic E-state index is 9.89. The predicted octanol–water partition coefficient (Wildman–Crippen LogP) is 6.05. The van der Waals surface area contributed by atoms with Crippen molar-refractivity contribution in [3.05, 3.63) is 21.3 Å². The quantitative estimate of drug-likeness (QED) is 0.309. The molecule has 0 aromatic heterocycles. The average molecular weight is 408 g/mol. The molecule has 0 fully saturated rings. The van der Waals surface area contributed by atoms with E-state index in [-0.39, 0.29) is 6.61 Å². The third-order valence-electron chi connectivity index (χ3n) is 4.25. The summed E-state index contributed by atoms with van der Waals surface area (Å²) in [6.45, 7) is 7.07. The Kier molecular flexibility index (Phi) is 13.6. The van der Waals surface area contributed by atoms with Gasteiger partial charge in [-0.1, -0.05) is 0 Å². The van der Waals surface area contributed by atoms with Crippen molar-refractivity contribution in [3.8, 4) is 0 Å². The number of aliphatic hydroxyl groups excluding tert-OH is 1. The van der Waals surface area contributed by atoms with E-state index in [1.54, 1.807) is 5.54 Å². The summed E-state index contributed by atoms with van der Waals surface area (Å²) in [6, 6.07) is 0. The van der Waals surface area contributed by atoms with Crippen LogP contribution in [0.25, 0.3) is 0 Å². The molecule has 0 aromatic carbocycles. The van der Waals surface area contributed by atoms with Crippen molar-refractivity contribution in [1.29, 1.82) is 0 Å². The number of halogens is 1. The first kappa shape index (κ1) is 20.5. The molecule has 118 valence electrons. The molecule has 1 N–H and O–H groups in total. The summed E-state index contributed by atoms with van der Waals surface area (Å²) in [5.74, 6) is 0. The summed E-state index contributed by atoms with van der Waals surface area (Å²) in [5, 5.41) is 9.89. The molecular formula is C17H33ClOSn. The van der Waals surface area contributed by atoms with E-state index in [1.807, 2.05) is 6.08 Å². The molecule has 0 unspecified atom stereocenters. The third kappa shape index (κ3) is 7.51. The molecule has 3 heteroatoms. The predicted molar refractivity (Wildman–Crippen MR) is 95.1 cm³/mol. The van der Waals surface area contributed by atoms with Gasteiger partial charge >= 0.3 is 136 Å². The summed E-state index contributed by atoms with van der Waals surface area (Å²) in [4.78, 5) is 0. The minimum absolute atomic E-state index is 0.244. The van der Waals surface area contributed by atoms with E-state index in [9.17, 15) is 5.11 Å². The maximum absolute atomic E-state index is 9.89. The SMILES string of the molecule is CCC[CH2][Sn]([CH2]CCC)([CH2]CCC)/[C](=C\C=C\Cl)CO. The Morgan fingerprint density at radius 2 is 1.40 bits per heavy atom. The molecule has 0 aliphatic rings. The molecule has 0 bridgehead atoms. The molecule has 1 nitrogen and oxygen atoms in total. The van der Waals surface area contributed by atoms with Gasteiger partial charge in [0.05, 0.1) is 0 Å². The fourth-order valence-electron chi connectivity index (χ4n) is 2.95. The number of unbranched alkanes of at least 4 members (excludes halogenated alkanes) is 3. The van der Waals surface area contributed by atoms with Gasteiger partial charge in [0.2, 0.25) is 0 Å². The van der Waals surface area contributed by atoms with Gasteiger partial charge in [0.1, 0.15) is 0 Å². The first-order chi connectivity index (χ1) is 9.70. The first-order valence-electron chi connectivity index (χ1n) is 8.28. The van der Waals surface area contributed by atoms with Gasteiger partial charge in [0.15, 0.2) is 0 Å². The van der Waals surface area contributed by atoms with Crippen LogP contribution >= 0.6 is 11.6 Å². The standard InChI is InChI=1S/C5H6ClO.3C4H9.Sn/c6-4-2-1-3-5-7;3*1-3-4-2;/h1-2,4,7H,5H2;3*1,3-4H2,2H3;/b3-1?,4-2+;;;;. The summed E-state index contributed by atoms with van der Waals surface area (Å²) in [5.41, 5.74) is 1.56. The van der Waals surface area contributed by atoms with E-state index in [0.717, 1.165) is 0 Å². The van der Waals surface area contributed by atoms with Gasteiger partial charge in [-0.2, -0.15) is 0 Å². The Morgan fingerprint density at radius 3 is 1.70 bits per heavy atom. The number of hydrogen-bond acceptors (Lipinski definition) is 1. The summed E-state index contributed by atoms with van der Waals surface area (Å²) in [7, 11) is 0. The van der Waals surface area contributed by atoms with Crippen LogP contribution in [0.1, 0.15) is 59.3 Å². The molecule has 0 heterocycles. The molecule has 0 saturated heterocycles. The number of rotatable bonds is 12. The summed E-state index contributed by atoms with van der Waals surface area (Å²) in [6.07, 6.45) is 11.8. The van der Waals surface area contributed by atoms with Gasteiger partial charge in [-0.25, -0.2) is 0 Å². The Labute approximate surface area is 135 Å². The Morgan fingerprint density at radius 1 is 0.950 bits per heavy atom. The molecule has 0 saturated carbocycles. The molecule has 0 spiro atoms. The van der Waals surface area contributed by atoms with E-state index >= 15 is 0 Å². The Bertz CT molecular complexity index is 265. The monoisotopic (exact) mass is 408 g/mol. The van der Waals surface area contributed by atoms with E-state index in [1.165, 1.54) is 55.4 Å². The summed E-state index contributed by atoms with van der Waals surface area (Å²) >= 11 is 3.29. The molecule has 20 heavy (non-hydrogen) atoms. The van der Waals surface area contributed by atoms with Crippen LogP contribution in [-0.4, -0.2) is 30.1 Å². The Balaban J connectivity index is 5.27. The number of hydrogen-bond donors (Lipinski definition) is 1. The molecule has 0 rings (SSSR count).